The van der Waals surface area contributed by atoms with E-state index in [1.807, 2.05) is 18.2 Å². The van der Waals surface area contributed by atoms with Crippen molar-refractivity contribution in [3.8, 4) is 5.75 Å². The van der Waals surface area contributed by atoms with Gasteiger partial charge in [-0.15, -0.1) is 0 Å². The average molecular weight is 356 g/mol. The molecule has 0 unspecified atom stereocenters. The van der Waals surface area contributed by atoms with Crippen LogP contribution in [-0.2, 0) is 9.84 Å². The number of hydrogen-bond donors (Lipinski definition) is 1. The molecule has 0 aliphatic heterocycles. The molecule has 0 aliphatic rings. The molecule has 0 aromatic heterocycles. The zero-order chi connectivity index (χ0) is 14.6. The van der Waals surface area contributed by atoms with E-state index in [1.165, 1.54) is 6.07 Å². The largest absolute Gasteiger partial charge is 0.493 e. The van der Waals surface area contributed by atoms with Gasteiger partial charge < -0.3 is 10.5 Å². The van der Waals surface area contributed by atoms with Gasteiger partial charge in [0.2, 0.25) is 0 Å². The Bertz CT molecular complexity index is 687. The number of ether oxygens (including phenoxy) is 1. The minimum absolute atomic E-state index is 0.0928. The third-order valence-electron chi connectivity index (χ3n) is 2.65. The maximum Gasteiger partial charge on any atom is 0.182 e. The van der Waals surface area contributed by atoms with E-state index in [-0.39, 0.29) is 17.3 Å². The van der Waals surface area contributed by atoms with Gasteiger partial charge in [-0.05, 0) is 46.3 Å². The van der Waals surface area contributed by atoms with Crippen LogP contribution in [0.1, 0.15) is 0 Å². The predicted octanol–water partition coefficient (Wildman–Crippen LogP) is 2.88. The molecular weight excluding hydrogens is 342 g/mol. The summed E-state index contributed by atoms with van der Waals surface area (Å²) < 4.78 is 30.3. The highest BCUT2D eigenvalue weighted by Gasteiger charge is 2.18. The van der Waals surface area contributed by atoms with Gasteiger partial charge in [0.1, 0.15) is 12.4 Å². The first kappa shape index (κ1) is 14.9. The number of halogens is 1. The molecule has 0 saturated heterocycles. The summed E-state index contributed by atoms with van der Waals surface area (Å²) in [6, 6.07) is 13.7. The van der Waals surface area contributed by atoms with Crippen LogP contribution in [0.5, 0.6) is 5.75 Å². The first-order valence-electron chi connectivity index (χ1n) is 5.95. The lowest BCUT2D eigenvalue weighted by molar-refractivity contribution is 0.341. The van der Waals surface area contributed by atoms with E-state index < -0.39 is 9.84 Å². The lowest BCUT2D eigenvalue weighted by atomic mass is 10.3. The molecule has 0 spiro atoms. The molecule has 0 saturated carbocycles. The zero-order valence-corrected chi connectivity index (χ0v) is 13.0. The topological polar surface area (TPSA) is 69.4 Å². The lowest BCUT2D eigenvalue weighted by Gasteiger charge is -2.09. The second-order valence-corrected chi connectivity index (χ2v) is 7.10. The van der Waals surface area contributed by atoms with Crippen LogP contribution in [0.4, 0.5) is 5.69 Å². The normalized spacial score (nSPS) is 11.2. The van der Waals surface area contributed by atoms with Crippen LogP contribution in [0.25, 0.3) is 0 Å². The highest BCUT2D eigenvalue weighted by atomic mass is 79.9. The fourth-order valence-corrected chi connectivity index (χ4v) is 3.96. The molecule has 0 amide bonds. The van der Waals surface area contributed by atoms with E-state index in [2.05, 4.69) is 15.9 Å². The zero-order valence-electron chi connectivity index (χ0n) is 10.6. The summed E-state index contributed by atoms with van der Waals surface area (Å²) in [7, 11) is -3.41. The molecule has 0 aliphatic carbocycles. The molecule has 6 heteroatoms. The smallest absolute Gasteiger partial charge is 0.182 e. The van der Waals surface area contributed by atoms with E-state index in [9.17, 15) is 8.42 Å². The van der Waals surface area contributed by atoms with Gasteiger partial charge in [-0.1, -0.05) is 18.2 Å². The van der Waals surface area contributed by atoms with Gasteiger partial charge in [-0.3, -0.25) is 0 Å². The molecule has 0 atom stereocenters. The van der Waals surface area contributed by atoms with Crippen molar-refractivity contribution in [2.45, 2.75) is 4.90 Å². The number of nitrogens with two attached hydrogens (primary N) is 1. The predicted molar refractivity (Wildman–Crippen MR) is 82.5 cm³/mol. The quantitative estimate of drug-likeness (QED) is 0.837. The maximum atomic E-state index is 12.2. The van der Waals surface area contributed by atoms with Crippen LogP contribution in [0, 0.1) is 0 Å². The van der Waals surface area contributed by atoms with Crippen molar-refractivity contribution in [3.63, 3.8) is 0 Å². The van der Waals surface area contributed by atoms with Crippen LogP contribution in [0.2, 0.25) is 0 Å². The van der Waals surface area contributed by atoms with Gasteiger partial charge in [0, 0.05) is 10.2 Å². The van der Waals surface area contributed by atoms with E-state index in [4.69, 9.17) is 10.5 Å². The number of benzene rings is 2. The minimum Gasteiger partial charge on any atom is -0.493 e. The maximum absolute atomic E-state index is 12.2. The second-order valence-electron chi connectivity index (χ2n) is 4.17. The minimum atomic E-state index is -3.41. The van der Waals surface area contributed by atoms with Crippen molar-refractivity contribution < 1.29 is 13.2 Å². The van der Waals surface area contributed by atoms with Crippen LogP contribution < -0.4 is 10.5 Å². The second kappa shape index (κ2) is 6.28. The molecule has 2 aromatic rings. The SMILES string of the molecule is Nc1ccc(S(=O)(=O)CCOc2ccccc2)c(Br)c1. The molecule has 106 valence electrons. The number of nitrogen functional groups attached to an aromatic ring is 1. The molecule has 0 fully saturated rings. The number of hydrogen-bond acceptors (Lipinski definition) is 4. The Morgan fingerprint density at radius 3 is 2.45 bits per heavy atom. The van der Waals surface area contributed by atoms with Gasteiger partial charge in [-0.25, -0.2) is 8.42 Å². The van der Waals surface area contributed by atoms with Gasteiger partial charge in [0.25, 0.3) is 0 Å². The van der Waals surface area contributed by atoms with E-state index >= 15 is 0 Å². The van der Waals surface area contributed by atoms with E-state index in [1.54, 1.807) is 24.3 Å². The molecule has 0 heterocycles. The molecule has 0 radical (unpaired) electrons. The third kappa shape index (κ3) is 3.74. The highest BCUT2D eigenvalue weighted by molar-refractivity contribution is 9.10. The van der Waals surface area contributed by atoms with Gasteiger partial charge >= 0.3 is 0 Å². The van der Waals surface area contributed by atoms with Crippen LogP contribution >= 0.6 is 15.9 Å². The van der Waals surface area contributed by atoms with Crippen LogP contribution in [-0.4, -0.2) is 20.8 Å². The Hall–Kier alpha value is -1.53. The number of para-hydroxylation sites is 1. The lowest BCUT2D eigenvalue weighted by Crippen LogP contribution is -2.14. The molecule has 4 nitrogen and oxygen atoms in total. The number of rotatable bonds is 5. The first-order chi connectivity index (χ1) is 9.49. The third-order valence-corrected chi connectivity index (χ3v) is 5.30. The molecule has 20 heavy (non-hydrogen) atoms. The van der Waals surface area contributed by atoms with Crippen LogP contribution in [0.3, 0.4) is 0 Å². The average Bonchev–Trinajstić information content (AvgIpc) is 2.39. The summed E-state index contributed by atoms with van der Waals surface area (Å²) in [5.74, 6) is 0.559. The fraction of sp³-hybridized carbons (Fsp3) is 0.143. The van der Waals surface area contributed by atoms with Gasteiger partial charge in [0.15, 0.2) is 9.84 Å². The molecule has 0 bridgehead atoms. The summed E-state index contributed by atoms with van der Waals surface area (Å²) in [6.07, 6.45) is 0. The van der Waals surface area contributed by atoms with E-state index in [0.29, 0.717) is 15.9 Å². The van der Waals surface area contributed by atoms with Crippen molar-refractivity contribution in [2.75, 3.05) is 18.1 Å². The molecular formula is C14H14BrNO3S. The molecule has 2 N–H and O–H groups in total. The summed E-state index contributed by atoms with van der Waals surface area (Å²) in [4.78, 5) is 0.225. The monoisotopic (exact) mass is 355 g/mol. The van der Waals surface area contributed by atoms with Crippen molar-refractivity contribution in [2.24, 2.45) is 0 Å². The van der Waals surface area contributed by atoms with Crippen molar-refractivity contribution in [3.05, 3.63) is 53.0 Å². The molecule has 2 rings (SSSR count). The standard InChI is InChI=1S/C14H14BrNO3S/c15-13-10-11(16)6-7-14(13)20(17,18)9-8-19-12-4-2-1-3-5-12/h1-7,10H,8-9,16H2. The Labute approximate surface area is 126 Å². The van der Waals surface area contributed by atoms with Crippen LogP contribution in [0.15, 0.2) is 57.9 Å². The summed E-state index contributed by atoms with van der Waals surface area (Å²) in [6.45, 7) is 0.100. The number of sulfone groups is 1. The Morgan fingerprint density at radius 1 is 1.10 bits per heavy atom. The van der Waals surface area contributed by atoms with Crippen molar-refractivity contribution in [1.29, 1.82) is 0 Å². The highest BCUT2D eigenvalue weighted by Crippen LogP contribution is 2.25. The Balaban J connectivity index is 2.04. The summed E-state index contributed by atoms with van der Waals surface area (Å²) in [5.41, 5.74) is 6.11. The van der Waals surface area contributed by atoms with Crippen molar-refractivity contribution in [1.82, 2.24) is 0 Å². The fourth-order valence-electron chi connectivity index (χ4n) is 1.67. The summed E-state index contributed by atoms with van der Waals surface area (Å²) in [5, 5.41) is 0. The Kier molecular flexibility index (Phi) is 4.67. The Morgan fingerprint density at radius 2 is 1.80 bits per heavy atom. The first-order valence-corrected chi connectivity index (χ1v) is 8.39. The van der Waals surface area contributed by atoms with Gasteiger partial charge in [-0.2, -0.15) is 0 Å². The van der Waals surface area contributed by atoms with Crippen molar-refractivity contribution >= 4 is 31.5 Å². The van der Waals surface area contributed by atoms with E-state index in [0.717, 1.165) is 0 Å². The molecule has 2 aromatic carbocycles. The summed E-state index contributed by atoms with van der Waals surface area (Å²) >= 11 is 3.22. The van der Waals surface area contributed by atoms with Gasteiger partial charge in [0.05, 0.1) is 10.6 Å². The number of anilines is 1.